The highest BCUT2D eigenvalue weighted by Gasteiger charge is 2.28. The van der Waals surface area contributed by atoms with Crippen molar-refractivity contribution in [3.05, 3.63) is 34.9 Å². The Morgan fingerprint density at radius 3 is 2.57 bits per heavy atom. The highest BCUT2D eigenvalue weighted by Crippen LogP contribution is 2.28. The molecular weight excluding hydrogens is 258 g/mol. The fourth-order valence-electron chi connectivity index (χ4n) is 3.73. The zero-order valence-electron chi connectivity index (χ0n) is 14.3. The van der Waals surface area contributed by atoms with Gasteiger partial charge in [-0.2, -0.15) is 0 Å². The Bertz CT molecular complexity index is 475. The molecule has 2 atom stereocenters. The van der Waals surface area contributed by atoms with Crippen LogP contribution in [0.2, 0.25) is 0 Å². The summed E-state index contributed by atoms with van der Waals surface area (Å²) in [5, 5.41) is 9.67. The van der Waals surface area contributed by atoms with Gasteiger partial charge in [-0.1, -0.05) is 45.9 Å². The minimum absolute atomic E-state index is 0.204. The van der Waals surface area contributed by atoms with Gasteiger partial charge in [0.05, 0.1) is 6.61 Å². The molecule has 2 nitrogen and oxygen atoms in total. The van der Waals surface area contributed by atoms with Crippen molar-refractivity contribution in [1.82, 2.24) is 4.90 Å². The molecule has 2 unspecified atom stereocenters. The SMILES string of the molecule is Cc1cc(CN2CCCC(C)C2CO)ccc1C(C)(C)C. The molecule has 1 aliphatic heterocycles. The molecule has 0 aromatic heterocycles. The summed E-state index contributed by atoms with van der Waals surface area (Å²) in [5.41, 5.74) is 4.38. The third-order valence-electron chi connectivity index (χ3n) is 4.90. The third kappa shape index (κ3) is 3.87. The minimum Gasteiger partial charge on any atom is -0.395 e. The van der Waals surface area contributed by atoms with E-state index in [1.165, 1.54) is 29.5 Å². The predicted molar refractivity (Wildman–Crippen MR) is 89.6 cm³/mol. The Hall–Kier alpha value is -0.860. The van der Waals surface area contributed by atoms with Crippen molar-refractivity contribution in [3.8, 4) is 0 Å². The van der Waals surface area contributed by atoms with Gasteiger partial charge in [-0.3, -0.25) is 4.90 Å². The fraction of sp³-hybridized carbons (Fsp3) is 0.684. The number of aliphatic hydroxyl groups is 1. The van der Waals surface area contributed by atoms with Crippen LogP contribution in [0.25, 0.3) is 0 Å². The first-order chi connectivity index (χ1) is 9.82. The molecule has 1 aliphatic rings. The molecule has 118 valence electrons. The average Bonchev–Trinajstić information content (AvgIpc) is 2.37. The second kappa shape index (κ2) is 6.50. The summed E-state index contributed by atoms with van der Waals surface area (Å²) in [7, 11) is 0. The second-order valence-electron chi connectivity index (χ2n) is 7.74. The van der Waals surface area contributed by atoms with Crippen LogP contribution in [0.15, 0.2) is 18.2 Å². The lowest BCUT2D eigenvalue weighted by Crippen LogP contribution is -2.45. The molecular formula is C19H31NO. The normalized spacial score (nSPS) is 24.3. The number of aryl methyl sites for hydroxylation is 1. The molecule has 0 aliphatic carbocycles. The maximum Gasteiger partial charge on any atom is 0.0589 e. The third-order valence-corrected chi connectivity index (χ3v) is 4.90. The first-order valence-electron chi connectivity index (χ1n) is 8.28. The Balaban J connectivity index is 2.14. The van der Waals surface area contributed by atoms with E-state index in [4.69, 9.17) is 0 Å². The van der Waals surface area contributed by atoms with Crippen LogP contribution in [0.4, 0.5) is 0 Å². The summed E-state index contributed by atoms with van der Waals surface area (Å²) in [6.07, 6.45) is 2.49. The predicted octanol–water partition coefficient (Wildman–Crippen LogP) is 3.89. The van der Waals surface area contributed by atoms with Crippen LogP contribution < -0.4 is 0 Å². The molecule has 0 bridgehead atoms. The zero-order valence-corrected chi connectivity index (χ0v) is 14.3. The molecule has 2 rings (SSSR count). The summed E-state index contributed by atoms with van der Waals surface area (Å²) in [6.45, 7) is 13.6. The summed E-state index contributed by atoms with van der Waals surface area (Å²) in [6, 6.07) is 7.20. The van der Waals surface area contributed by atoms with E-state index in [2.05, 4.69) is 57.7 Å². The van der Waals surface area contributed by atoms with E-state index >= 15 is 0 Å². The largest absolute Gasteiger partial charge is 0.395 e. The molecule has 1 heterocycles. The smallest absolute Gasteiger partial charge is 0.0589 e. The lowest BCUT2D eigenvalue weighted by atomic mass is 9.83. The van der Waals surface area contributed by atoms with E-state index in [0.717, 1.165) is 13.1 Å². The molecule has 0 amide bonds. The van der Waals surface area contributed by atoms with Crippen molar-refractivity contribution in [3.63, 3.8) is 0 Å². The lowest BCUT2D eigenvalue weighted by Gasteiger charge is -2.39. The van der Waals surface area contributed by atoms with Crippen molar-refractivity contribution in [2.75, 3.05) is 13.2 Å². The van der Waals surface area contributed by atoms with E-state index in [1.807, 2.05) is 0 Å². The van der Waals surface area contributed by atoms with E-state index in [-0.39, 0.29) is 12.0 Å². The summed E-state index contributed by atoms with van der Waals surface area (Å²) in [5.74, 6) is 0.596. The van der Waals surface area contributed by atoms with Crippen molar-refractivity contribution >= 4 is 0 Å². The Kier molecular flexibility index (Phi) is 5.11. The second-order valence-corrected chi connectivity index (χ2v) is 7.74. The number of piperidine rings is 1. The van der Waals surface area contributed by atoms with Gasteiger partial charge in [0.15, 0.2) is 0 Å². The van der Waals surface area contributed by atoms with Gasteiger partial charge in [-0.05, 0) is 54.3 Å². The molecule has 1 N–H and O–H groups in total. The van der Waals surface area contributed by atoms with E-state index in [9.17, 15) is 5.11 Å². The summed E-state index contributed by atoms with van der Waals surface area (Å²) >= 11 is 0. The van der Waals surface area contributed by atoms with Gasteiger partial charge < -0.3 is 5.11 Å². The average molecular weight is 289 g/mol. The van der Waals surface area contributed by atoms with Crippen LogP contribution in [0.5, 0.6) is 0 Å². The molecule has 21 heavy (non-hydrogen) atoms. The molecule has 1 aromatic rings. The number of rotatable bonds is 3. The molecule has 1 fully saturated rings. The highest BCUT2D eigenvalue weighted by atomic mass is 16.3. The van der Waals surface area contributed by atoms with Crippen LogP contribution in [0, 0.1) is 12.8 Å². The monoisotopic (exact) mass is 289 g/mol. The first kappa shape index (κ1) is 16.5. The van der Waals surface area contributed by atoms with Crippen molar-refractivity contribution in [2.24, 2.45) is 5.92 Å². The fourth-order valence-corrected chi connectivity index (χ4v) is 3.73. The van der Waals surface area contributed by atoms with E-state index < -0.39 is 0 Å². The van der Waals surface area contributed by atoms with Gasteiger partial charge in [0.1, 0.15) is 0 Å². The standard InChI is InChI=1S/C19H31NO/c1-14-7-6-10-20(18(14)13-21)12-16-8-9-17(15(2)11-16)19(3,4)5/h8-9,11,14,18,21H,6-7,10,12-13H2,1-5H3. The lowest BCUT2D eigenvalue weighted by molar-refractivity contribution is 0.0472. The van der Waals surface area contributed by atoms with Crippen molar-refractivity contribution in [2.45, 2.75) is 65.5 Å². The van der Waals surface area contributed by atoms with Crippen LogP contribution >= 0.6 is 0 Å². The number of aliphatic hydroxyl groups excluding tert-OH is 1. The topological polar surface area (TPSA) is 23.5 Å². The Labute approximate surface area is 130 Å². The molecule has 2 heteroatoms. The number of nitrogens with zero attached hydrogens (tertiary/aromatic N) is 1. The Morgan fingerprint density at radius 1 is 1.29 bits per heavy atom. The van der Waals surface area contributed by atoms with Crippen molar-refractivity contribution in [1.29, 1.82) is 0 Å². The molecule has 1 aromatic carbocycles. The highest BCUT2D eigenvalue weighted by molar-refractivity contribution is 5.35. The van der Waals surface area contributed by atoms with Crippen LogP contribution in [0.1, 0.15) is 57.2 Å². The number of hydrogen-bond donors (Lipinski definition) is 1. The van der Waals surface area contributed by atoms with Gasteiger partial charge in [-0.25, -0.2) is 0 Å². The van der Waals surface area contributed by atoms with Gasteiger partial charge >= 0.3 is 0 Å². The maximum atomic E-state index is 9.67. The van der Waals surface area contributed by atoms with E-state index in [1.54, 1.807) is 0 Å². The quantitative estimate of drug-likeness (QED) is 0.912. The van der Waals surface area contributed by atoms with Crippen LogP contribution in [-0.4, -0.2) is 29.2 Å². The number of hydrogen-bond acceptors (Lipinski definition) is 2. The summed E-state index contributed by atoms with van der Waals surface area (Å²) in [4.78, 5) is 2.46. The molecule has 0 spiro atoms. The van der Waals surface area contributed by atoms with Crippen molar-refractivity contribution < 1.29 is 5.11 Å². The van der Waals surface area contributed by atoms with Gasteiger partial charge in [0, 0.05) is 12.6 Å². The number of benzene rings is 1. The maximum absolute atomic E-state index is 9.67. The van der Waals surface area contributed by atoms with Crippen LogP contribution in [0.3, 0.4) is 0 Å². The van der Waals surface area contributed by atoms with Crippen LogP contribution in [-0.2, 0) is 12.0 Å². The van der Waals surface area contributed by atoms with E-state index in [0.29, 0.717) is 12.0 Å². The Morgan fingerprint density at radius 2 is 2.00 bits per heavy atom. The minimum atomic E-state index is 0.204. The first-order valence-corrected chi connectivity index (χ1v) is 8.28. The number of likely N-dealkylation sites (tertiary alicyclic amines) is 1. The zero-order chi connectivity index (χ0) is 15.6. The summed E-state index contributed by atoms with van der Waals surface area (Å²) < 4.78 is 0. The molecule has 1 saturated heterocycles. The molecule has 0 saturated carbocycles. The van der Waals surface area contributed by atoms with Gasteiger partial charge in [-0.15, -0.1) is 0 Å². The van der Waals surface area contributed by atoms with Gasteiger partial charge in [0.25, 0.3) is 0 Å². The molecule has 0 radical (unpaired) electrons. The van der Waals surface area contributed by atoms with Gasteiger partial charge in [0.2, 0.25) is 0 Å².